The molecule has 1 amide bonds. The summed E-state index contributed by atoms with van der Waals surface area (Å²) >= 11 is 1.46. The first-order chi connectivity index (χ1) is 16.4. The molecule has 1 aliphatic rings. The van der Waals surface area contributed by atoms with Crippen molar-refractivity contribution in [3.05, 3.63) is 52.6 Å². The Morgan fingerprint density at radius 1 is 1.44 bits per heavy atom. The molecule has 1 aromatic heterocycles. The molecule has 2 rings (SSSR count). The molecular weight excluding hydrogens is 458 g/mol. The Labute approximate surface area is 204 Å². The third-order valence-corrected chi connectivity index (χ3v) is 5.98. The van der Waals surface area contributed by atoms with Gasteiger partial charge in [-0.1, -0.05) is 19.2 Å². The van der Waals surface area contributed by atoms with Crippen molar-refractivity contribution < 1.29 is 29.3 Å². The van der Waals surface area contributed by atoms with Gasteiger partial charge in [-0.25, -0.2) is 4.79 Å². The average molecular weight is 492 g/mol. The van der Waals surface area contributed by atoms with Crippen LogP contribution in [0.4, 0.5) is 9.80 Å². The zero-order valence-corrected chi connectivity index (χ0v) is 20.5. The number of hydrogen-bond donors (Lipinski definition) is 3. The zero-order chi connectivity index (χ0) is 25.5. The van der Waals surface area contributed by atoms with Crippen LogP contribution in [0.2, 0.25) is 0 Å². The quantitative estimate of drug-likeness (QED) is 0.244. The Hall–Kier alpha value is -3.13. The number of amides is 1. The number of allylic oxidation sites excluding steroid dienone is 3. The van der Waals surface area contributed by atoms with Crippen molar-refractivity contribution >= 4 is 28.7 Å². The smallest absolute Gasteiger partial charge is 0.410 e. The average Bonchev–Trinajstić information content (AvgIpc) is 3.22. The summed E-state index contributed by atoms with van der Waals surface area (Å²) < 4.78 is 10.3. The van der Waals surface area contributed by atoms with Crippen LogP contribution in [0.3, 0.4) is 0 Å². The number of thiophene rings is 1. The lowest BCUT2D eigenvalue weighted by molar-refractivity contribution is -0.107. The lowest BCUT2D eigenvalue weighted by Crippen LogP contribution is -2.37. The molecule has 0 aliphatic carbocycles. The summed E-state index contributed by atoms with van der Waals surface area (Å²) in [6, 6.07) is 2.20. The highest BCUT2D eigenvalue weighted by Gasteiger charge is 2.27. The van der Waals surface area contributed by atoms with Crippen LogP contribution < -0.4 is 5.32 Å². The van der Waals surface area contributed by atoms with Gasteiger partial charge in [0.1, 0.15) is 35.8 Å². The molecule has 1 aliphatic heterocycles. The number of carbonyl (C=O) groups excluding carboxylic acids is 2. The maximum atomic E-state index is 11.9. The van der Waals surface area contributed by atoms with Gasteiger partial charge < -0.3 is 34.7 Å². The van der Waals surface area contributed by atoms with Crippen molar-refractivity contribution in [2.75, 3.05) is 38.7 Å². The van der Waals surface area contributed by atoms with Gasteiger partial charge in [0.05, 0.1) is 25.3 Å². The highest BCUT2D eigenvalue weighted by Crippen LogP contribution is 2.36. The van der Waals surface area contributed by atoms with E-state index < -0.39 is 18.8 Å². The van der Waals surface area contributed by atoms with Crippen molar-refractivity contribution in [3.63, 3.8) is 0 Å². The molecule has 2 heterocycles. The van der Waals surface area contributed by atoms with E-state index in [0.29, 0.717) is 44.5 Å². The van der Waals surface area contributed by atoms with Crippen LogP contribution in [-0.4, -0.2) is 67.0 Å². The predicted molar refractivity (Wildman–Crippen MR) is 131 cm³/mol. The van der Waals surface area contributed by atoms with Crippen LogP contribution in [-0.2, 0) is 27.2 Å². The van der Waals surface area contributed by atoms with Crippen LogP contribution in [0.5, 0.6) is 0 Å². The number of nitrogens with zero attached hydrogens (tertiary/aromatic N) is 2. The molecule has 0 saturated carbocycles. The van der Waals surface area contributed by atoms with E-state index in [1.807, 2.05) is 6.92 Å². The standard InChI is InChI=1S/C13H17N3O4S.C11H16O2/c1-15-12-10(4-14)9-2-3-16(5-11(9)21-12)13(19)20-7-8(18)6-17;1-4-7-11(13-5-2)10(3)8-6-9-12/h8,15,17-18H,2-3,5-7H2,1H3;4,7,9H,1,3,5-6,8H2,2H3/b;11-7+. The normalized spacial score (nSPS) is 13.4. The first-order valence-corrected chi connectivity index (χ1v) is 11.7. The summed E-state index contributed by atoms with van der Waals surface area (Å²) in [7, 11) is 1.76. The molecule has 10 heteroatoms. The van der Waals surface area contributed by atoms with Crippen molar-refractivity contribution in [2.45, 2.75) is 38.8 Å². The van der Waals surface area contributed by atoms with E-state index in [2.05, 4.69) is 24.5 Å². The molecule has 34 heavy (non-hydrogen) atoms. The molecule has 186 valence electrons. The van der Waals surface area contributed by atoms with E-state index in [1.165, 1.54) is 16.2 Å². The van der Waals surface area contributed by atoms with Crippen LogP contribution in [0.1, 0.15) is 35.8 Å². The van der Waals surface area contributed by atoms with Gasteiger partial charge in [0.25, 0.3) is 0 Å². The zero-order valence-electron chi connectivity index (χ0n) is 19.7. The number of aldehydes is 1. The minimum Gasteiger partial charge on any atom is -0.494 e. The molecule has 0 bridgehead atoms. The summed E-state index contributed by atoms with van der Waals surface area (Å²) in [5, 5.41) is 30.9. The fraction of sp³-hybridized carbons (Fsp3) is 0.458. The Balaban J connectivity index is 0.000000385. The largest absolute Gasteiger partial charge is 0.494 e. The van der Waals surface area contributed by atoms with E-state index in [4.69, 9.17) is 14.6 Å². The van der Waals surface area contributed by atoms with Gasteiger partial charge in [-0.2, -0.15) is 5.26 Å². The number of hydrogen-bond acceptors (Lipinski definition) is 9. The lowest BCUT2D eigenvalue weighted by Gasteiger charge is -2.26. The monoisotopic (exact) mass is 491 g/mol. The second-order valence-corrected chi connectivity index (χ2v) is 8.27. The van der Waals surface area contributed by atoms with E-state index in [1.54, 1.807) is 19.2 Å². The molecule has 3 N–H and O–H groups in total. The first-order valence-electron chi connectivity index (χ1n) is 10.9. The van der Waals surface area contributed by atoms with Crippen LogP contribution in [0.25, 0.3) is 0 Å². The third kappa shape index (κ3) is 8.67. The number of aliphatic hydroxyl groups is 2. The number of anilines is 1. The van der Waals surface area contributed by atoms with Gasteiger partial charge >= 0.3 is 6.09 Å². The Bertz CT molecular complexity index is 919. The predicted octanol–water partition coefficient (Wildman–Crippen LogP) is 3.14. The van der Waals surface area contributed by atoms with Gasteiger partial charge in [-0.15, -0.1) is 11.3 Å². The molecule has 0 saturated heterocycles. The fourth-order valence-corrected chi connectivity index (χ4v) is 4.22. The van der Waals surface area contributed by atoms with Crippen molar-refractivity contribution in [1.29, 1.82) is 5.26 Å². The minimum absolute atomic E-state index is 0.228. The number of nitriles is 1. The Morgan fingerprint density at radius 2 is 2.18 bits per heavy atom. The highest BCUT2D eigenvalue weighted by molar-refractivity contribution is 7.16. The van der Waals surface area contributed by atoms with Crippen molar-refractivity contribution in [2.24, 2.45) is 0 Å². The summed E-state index contributed by atoms with van der Waals surface area (Å²) in [5.41, 5.74) is 2.49. The minimum atomic E-state index is -1.06. The third-order valence-electron chi connectivity index (χ3n) is 4.75. The van der Waals surface area contributed by atoms with Gasteiger partial charge in [-0.3, -0.25) is 0 Å². The summed E-state index contributed by atoms with van der Waals surface area (Å²) in [6.07, 6.45) is 4.44. The number of fused-ring (bicyclic) bond motifs is 1. The maximum Gasteiger partial charge on any atom is 0.410 e. The van der Waals surface area contributed by atoms with Crippen molar-refractivity contribution in [3.8, 4) is 6.07 Å². The summed E-state index contributed by atoms with van der Waals surface area (Å²) in [6.45, 7) is 10.1. The summed E-state index contributed by atoms with van der Waals surface area (Å²) in [4.78, 5) is 24.5. The van der Waals surface area contributed by atoms with Gasteiger partial charge in [0, 0.05) is 24.9 Å². The molecule has 0 radical (unpaired) electrons. The topological polar surface area (TPSA) is 132 Å². The first kappa shape index (κ1) is 28.9. The number of aliphatic hydroxyl groups excluding tert-OH is 2. The van der Waals surface area contributed by atoms with E-state index in [0.717, 1.165) is 33.1 Å². The van der Waals surface area contributed by atoms with Crippen LogP contribution >= 0.6 is 11.3 Å². The van der Waals surface area contributed by atoms with Crippen molar-refractivity contribution in [1.82, 2.24) is 4.90 Å². The molecule has 0 aromatic carbocycles. The fourth-order valence-electron chi connectivity index (χ4n) is 3.05. The highest BCUT2D eigenvalue weighted by atomic mass is 32.1. The number of nitrogens with one attached hydrogen (secondary N) is 1. The van der Waals surface area contributed by atoms with E-state index >= 15 is 0 Å². The number of ether oxygens (including phenoxy) is 2. The molecule has 1 atom stereocenters. The maximum absolute atomic E-state index is 11.9. The second kappa shape index (κ2) is 15.7. The molecular formula is C24H33N3O6S. The molecule has 9 nitrogen and oxygen atoms in total. The Morgan fingerprint density at radius 3 is 2.74 bits per heavy atom. The number of rotatable bonds is 11. The van der Waals surface area contributed by atoms with E-state index in [9.17, 15) is 20.0 Å². The summed E-state index contributed by atoms with van der Waals surface area (Å²) in [5.74, 6) is 0.722. The second-order valence-electron chi connectivity index (χ2n) is 7.16. The van der Waals surface area contributed by atoms with Crippen LogP contribution in [0, 0.1) is 11.3 Å². The molecule has 0 spiro atoms. The molecule has 1 unspecified atom stereocenters. The van der Waals surface area contributed by atoms with Gasteiger partial charge in [-0.05, 0) is 37.0 Å². The van der Waals surface area contributed by atoms with Gasteiger partial charge in [0.15, 0.2) is 0 Å². The molecule has 1 aromatic rings. The number of carbonyl (C=O) groups is 2. The Kier molecular flexibility index (Phi) is 13.3. The van der Waals surface area contributed by atoms with Gasteiger partial charge in [0.2, 0.25) is 0 Å². The lowest BCUT2D eigenvalue weighted by atomic mass is 10.0. The van der Waals surface area contributed by atoms with E-state index in [-0.39, 0.29) is 6.61 Å². The van der Waals surface area contributed by atoms with Crippen LogP contribution in [0.15, 0.2) is 36.6 Å². The SMILES string of the molecule is C=C/C=C(/OCC)C(=C)CCC=O.CNc1sc2c(c1C#N)CCN(C(=O)OCC(O)CO)C2. The molecule has 0 fully saturated rings.